The second-order valence-corrected chi connectivity index (χ2v) is 5.88. The molecule has 3 rings (SSSR count). The fourth-order valence-corrected chi connectivity index (χ4v) is 2.88. The maximum absolute atomic E-state index is 13.1. The zero-order valence-electron chi connectivity index (χ0n) is 14.9. The Morgan fingerprint density at radius 3 is 2.54 bits per heavy atom. The van der Waals surface area contributed by atoms with Crippen molar-refractivity contribution >= 4 is 16.9 Å². The average molecular weight is 351 g/mol. The van der Waals surface area contributed by atoms with Gasteiger partial charge >= 0.3 is 5.63 Å². The minimum absolute atomic E-state index is 0.196. The van der Waals surface area contributed by atoms with Crippen molar-refractivity contribution < 1.29 is 13.9 Å². The lowest BCUT2D eigenvalue weighted by Crippen LogP contribution is -2.31. The van der Waals surface area contributed by atoms with Gasteiger partial charge in [-0.3, -0.25) is 4.79 Å². The summed E-state index contributed by atoms with van der Waals surface area (Å²) >= 11 is 0. The highest BCUT2D eigenvalue weighted by molar-refractivity contribution is 6.05. The summed E-state index contributed by atoms with van der Waals surface area (Å²) in [6, 6.07) is 16.2. The van der Waals surface area contributed by atoms with E-state index in [1.54, 1.807) is 23.1 Å². The summed E-state index contributed by atoms with van der Waals surface area (Å²) in [5.41, 5.74) is 1.18. The normalized spacial score (nSPS) is 10.7. The number of rotatable bonds is 6. The molecule has 5 nitrogen and oxygen atoms in total. The lowest BCUT2D eigenvalue weighted by molar-refractivity contribution is 0.0754. The standard InChI is InChI=1S/C21H21NO4/c1-3-22(14-15-8-6-5-7-9-15)21(24)18-13-20(23)26-19-12-16(25-4-2)10-11-17(18)19/h5-13H,3-4,14H2,1-2H3. The topological polar surface area (TPSA) is 59.8 Å². The third kappa shape index (κ3) is 3.77. The van der Waals surface area contributed by atoms with Crippen molar-refractivity contribution in [3.63, 3.8) is 0 Å². The highest BCUT2D eigenvalue weighted by atomic mass is 16.5. The van der Waals surface area contributed by atoms with Crippen LogP contribution < -0.4 is 10.4 Å². The molecule has 1 heterocycles. The quantitative estimate of drug-likeness (QED) is 0.633. The highest BCUT2D eigenvalue weighted by Gasteiger charge is 2.19. The number of hydrogen-bond donors (Lipinski definition) is 0. The number of carbonyl (C=O) groups is 1. The first-order valence-electron chi connectivity index (χ1n) is 8.66. The van der Waals surface area contributed by atoms with Crippen LogP contribution in [0.25, 0.3) is 11.0 Å². The molecule has 26 heavy (non-hydrogen) atoms. The van der Waals surface area contributed by atoms with Gasteiger partial charge in [-0.1, -0.05) is 30.3 Å². The Balaban J connectivity index is 1.99. The Morgan fingerprint density at radius 1 is 1.08 bits per heavy atom. The van der Waals surface area contributed by atoms with E-state index in [1.165, 1.54) is 6.07 Å². The first-order valence-corrected chi connectivity index (χ1v) is 8.66. The van der Waals surface area contributed by atoms with Crippen LogP contribution in [-0.4, -0.2) is 24.0 Å². The molecular weight excluding hydrogens is 330 g/mol. The lowest BCUT2D eigenvalue weighted by atomic mass is 10.1. The molecule has 0 atom stereocenters. The first-order chi connectivity index (χ1) is 12.6. The molecule has 134 valence electrons. The summed E-state index contributed by atoms with van der Waals surface area (Å²) in [7, 11) is 0. The lowest BCUT2D eigenvalue weighted by Gasteiger charge is -2.21. The summed E-state index contributed by atoms with van der Waals surface area (Å²) in [6.45, 7) is 5.32. The smallest absolute Gasteiger partial charge is 0.337 e. The van der Waals surface area contributed by atoms with Gasteiger partial charge < -0.3 is 14.1 Å². The molecule has 0 bridgehead atoms. The van der Waals surface area contributed by atoms with Crippen LogP contribution in [0, 0.1) is 0 Å². The third-order valence-electron chi connectivity index (χ3n) is 4.14. The molecule has 0 saturated carbocycles. The zero-order chi connectivity index (χ0) is 18.5. The molecule has 0 unspecified atom stereocenters. The first kappa shape index (κ1) is 17.7. The molecule has 0 aliphatic rings. The molecule has 5 heteroatoms. The van der Waals surface area contributed by atoms with Crippen LogP contribution in [0.15, 0.2) is 63.8 Å². The third-order valence-corrected chi connectivity index (χ3v) is 4.14. The van der Waals surface area contributed by atoms with Gasteiger partial charge in [0.1, 0.15) is 11.3 Å². The van der Waals surface area contributed by atoms with Crippen LogP contribution in [0.1, 0.15) is 29.8 Å². The van der Waals surface area contributed by atoms with Crippen LogP contribution in [0.4, 0.5) is 0 Å². The molecular formula is C21H21NO4. The van der Waals surface area contributed by atoms with E-state index in [4.69, 9.17) is 9.15 Å². The van der Waals surface area contributed by atoms with E-state index in [1.807, 2.05) is 44.2 Å². The molecule has 0 radical (unpaired) electrons. The maximum atomic E-state index is 13.1. The largest absolute Gasteiger partial charge is 0.494 e. The van der Waals surface area contributed by atoms with Crippen LogP contribution in [0.3, 0.4) is 0 Å². The van der Waals surface area contributed by atoms with Crippen LogP contribution >= 0.6 is 0 Å². The van der Waals surface area contributed by atoms with E-state index in [-0.39, 0.29) is 5.91 Å². The molecule has 0 fully saturated rings. The summed E-state index contributed by atoms with van der Waals surface area (Å²) in [4.78, 5) is 26.7. The van der Waals surface area contributed by atoms with E-state index in [9.17, 15) is 9.59 Å². The second kappa shape index (κ2) is 7.87. The van der Waals surface area contributed by atoms with Crippen molar-refractivity contribution in [3.05, 3.63) is 76.1 Å². The van der Waals surface area contributed by atoms with E-state index in [2.05, 4.69) is 0 Å². The van der Waals surface area contributed by atoms with E-state index in [0.29, 0.717) is 42.0 Å². The average Bonchev–Trinajstić information content (AvgIpc) is 2.65. The molecule has 1 aromatic heterocycles. The van der Waals surface area contributed by atoms with Gasteiger partial charge in [0.05, 0.1) is 12.2 Å². The van der Waals surface area contributed by atoms with Gasteiger partial charge in [0.15, 0.2) is 0 Å². The van der Waals surface area contributed by atoms with E-state index < -0.39 is 5.63 Å². The molecule has 0 spiro atoms. The van der Waals surface area contributed by atoms with Gasteiger partial charge in [0, 0.05) is 30.6 Å². The molecule has 3 aromatic rings. The van der Waals surface area contributed by atoms with Crippen molar-refractivity contribution in [1.82, 2.24) is 4.90 Å². The van der Waals surface area contributed by atoms with Crippen molar-refractivity contribution in [2.24, 2.45) is 0 Å². The van der Waals surface area contributed by atoms with Gasteiger partial charge in [0.2, 0.25) is 0 Å². The monoisotopic (exact) mass is 351 g/mol. The minimum Gasteiger partial charge on any atom is -0.494 e. The van der Waals surface area contributed by atoms with Gasteiger partial charge in [-0.15, -0.1) is 0 Å². The fraction of sp³-hybridized carbons (Fsp3) is 0.238. The van der Waals surface area contributed by atoms with E-state index in [0.717, 1.165) is 5.56 Å². The Kier molecular flexibility index (Phi) is 5.37. The van der Waals surface area contributed by atoms with Gasteiger partial charge in [-0.05, 0) is 31.5 Å². The number of carbonyl (C=O) groups excluding carboxylic acids is 1. The van der Waals surface area contributed by atoms with Gasteiger partial charge in [-0.2, -0.15) is 0 Å². The Bertz CT molecular complexity index is 963. The second-order valence-electron chi connectivity index (χ2n) is 5.88. The van der Waals surface area contributed by atoms with Crippen LogP contribution in [-0.2, 0) is 6.54 Å². The van der Waals surface area contributed by atoms with Gasteiger partial charge in [-0.25, -0.2) is 4.79 Å². The van der Waals surface area contributed by atoms with Crippen molar-refractivity contribution in [2.75, 3.05) is 13.2 Å². The molecule has 0 aliphatic heterocycles. The minimum atomic E-state index is -0.551. The van der Waals surface area contributed by atoms with E-state index >= 15 is 0 Å². The van der Waals surface area contributed by atoms with Crippen molar-refractivity contribution in [3.8, 4) is 5.75 Å². The summed E-state index contributed by atoms with van der Waals surface area (Å²) in [5.74, 6) is 0.405. The van der Waals surface area contributed by atoms with Crippen molar-refractivity contribution in [1.29, 1.82) is 0 Å². The molecule has 0 aliphatic carbocycles. The molecule has 2 aromatic carbocycles. The number of benzene rings is 2. The maximum Gasteiger partial charge on any atom is 0.337 e. The summed E-state index contributed by atoms with van der Waals surface area (Å²) in [6.07, 6.45) is 0. The Labute approximate surface area is 151 Å². The van der Waals surface area contributed by atoms with Crippen molar-refractivity contribution in [2.45, 2.75) is 20.4 Å². The number of ether oxygens (including phenoxy) is 1. The predicted molar refractivity (Wildman–Crippen MR) is 101 cm³/mol. The number of hydrogen-bond acceptors (Lipinski definition) is 4. The van der Waals surface area contributed by atoms with Gasteiger partial charge in [0.25, 0.3) is 5.91 Å². The zero-order valence-corrected chi connectivity index (χ0v) is 14.9. The highest BCUT2D eigenvalue weighted by Crippen LogP contribution is 2.24. The fourth-order valence-electron chi connectivity index (χ4n) is 2.88. The molecule has 0 saturated heterocycles. The Hall–Kier alpha value is -3.08. The number of nitrogens with zero attached hydrogens (tertiary/aromatic N) is 1. The summed E-state index contributed by atoms with van der Waals surface area (Å²) < 4.78 is 10.7. The number of fused-ring (bicyclic) bond motifs is 1. The SMILES string of the molecule is CCOc1ccc2c(C(=O)N(CC)Cc3ccccc3)cc(=O)oc2c1. The van der Waals surface area contributed by atoms with Crippen LogP contribution in [0.5, 0.6) is 5.75 Å². The number of amides is 1. The van der Waals surface area contributed by atoms with Crippen LogP contribution in [0.2, 0.25) is 0 Å². The molecule has 0 N–H and O–H groups in total. The predicted octanol–water partition coefficient (Wildman–Crippen LogP) is 3.85. The molecule has 1 amide bonds. The summed E-state index contributed by atoms with van der Waals surface area (Å²) in [5, 5.41) is 0.601. The Morgan fingerprint density at radius 2 is 1.85 bits per heavy atom.